The lowest BCUT2D eigenvalue weighted by molar-refractivity contribution is -0.143. The van der Waals surface area contributed by atoms with Crippen molar-refractivity contribution in [3.05, 3.63) is 0 Å². The Balaban J connectivity index is 2.14. The topological polar surface area (TPSA) is 107 Å². The summed E-state index contributed by atoms with van der Waals surface area (Å²) in [6.45, 7) is 1.97. The van der Waals surface area contributed by atoms with Gasteiger partial charge in [-0.3, -0.25) is 9.59 Å². The van der Waals surface area contributed by atoms with Crippen molar-refractivity contribution in [2.24, 2.45) is 0 Å². The van der Waals surface area contributed by atoms with Crippen LogP contribution in [-0.2, 0) is 20.9 Å². The molecule has 0 aliphatic rings. The van der Waals surface area contributed by atoms with Gasteiger partial charge >= 0.3 is 11.9 Å². The molecule has 0 aromatic carbocycles. The summed E-state index contributed by atoms with van der Waals surface area (Å²) in [6.07, 6.45) is 3.05. The fraction of sp³-hybridized carbons (Fsp3) is 0.727. The molecule has 0 radical (unpaired) electrons. The first kappa shape index (κ1) is 16.4. The van der Waals surface area contributed by atoms with Crippen LogP contribution in [0.25, 0.3) is 0 Å². The van der Waals surface area contributed by atoms with Gasteiger partial charge in [0.2, 0.25) is 5.16 Å². The normalized spacial score (nSPS) is 10.4. The van der Waals surface area contributed by atoms with Crippen LogP contribution in [0.15, 0.2) is 5.16 Å². The maximum atomic E-state index is 11.1. The molecule has 0 bridgehead atoms. The molecule has 1 aromatic rings. The SMILES string of the molecule is CCOC(=O)CCCCCSc1nnnn1CC(=O)O. The molecule has 1 N–H and O–H groups in total. The average Bonchev–Trinajstić information content (AvgIpc) is 2.80. The van der Waals surface area contributed by atoms with E-state index in [-0.39, 0.29) is 12.5 Å². The number of tetrazole rings is 1. The monoisotopic (exact) mass is 302 g/mol. The van der Waals surface area contributed by atoms with E-state index in [2.05, 4.69) is 15.5 Å². The Kier molecular flexibility index (Phi) is 7.63. The maximum Gasteiger partial charge on any atom is 0.325 e. The lowest BCUT2D eigenvalue weighted by Gasteiger charge is -2.02. The van der Waals surface area contributed by atoms with E-state index in [0.717, 1.165) is 25.0 Å². The minimum atomic E-state index is -0.978. The summed E-state index contributed by atoms with van der Waals surface area (Å²) in [5.74, 6) is -0.359. The Bertz CT molecular complexity index is 438. The van der Waals surface area contributed by atoms with Crippen molar-refractivity contribution >= 4 is 23.7 Å². The van der Waals surface area contributed by atoms with Crippen LogP contribution in [0.1, 0.15) is 32.6 Å². The molecule has 0 saturated heterocycles. The number of carboxylic acid groups (broad SMARTS) is 1. The Morgan fingerprint density at radius 3 is 2.85 bits per heavy atom. The van der Waals surface area contributed by atoms with Gasteiger partial charge in [-0.25, -0.2) is 4.68 Å². The number of carbonyl (C=O) groups excluding carboxylic acids is 1. The highest BCUT2D eigenvalue weighted by Crippen LogP contribution is 2.16. The van der Waals surface area contributed by atoms with Crippen molar-refractivity contribution in [2.75, 3.05) is 12.4 Å². The zero-order valence-corrected chi connectivity index (χ0v) is 12.1. The van der Waals surface area contributed by atoms with Crippen LogP contribution < -0.4 is 0 Å². The number of nitrogens with zero attached hydrogens (tertiary/aromatic N) is 4. The number of carboxylic acids is 1. The quantitative estimate of drug-likeness (QED) is 0.387. The van der Waals surface area contributed by atoms with Crippen molar-refractivity contribution in [1.29, 1.82) is 0 Å². The molecule has 112 valence electrons. The van der Waals surface area contributed by atoms with E-state index in [1.165, 1.54) is 16.4 Å². The number of hydrogen-bond donors (Lipinski definition) is 1. The Morgan fingerprint density at radius 1 is 1.35 bits per heavy atom. The van der Waals surface area contributed by atoms with Gasteiger partial charge in [0, 0.05) is 12.2 Å². The molecule has 0 aliphatic heterocycles. The van der Waals surface area contributed by atoms with Crippen LogP contribution in [0.2, 0.25) is 0 Å². The first-order valence-corrected chi connectivity index (χ1v) is 7.38. The van der Waals surface area contributed by atoms with Gasteiger partial charge in [0.25, 0.3) is 0 Å². The predicted octanol–water partition coefficient (Wildman–Crippen LogP) is 0.973. The molecule has 0 atom stereocenters. The molecule has 9 heteroatoms. The largest absolute Gasteiger partial charge is 0.480 e. The number of rotatable bonds is 10. The van der Waals surface area contributed by atoms with E-state index < -0.39 is 5.97 Å². The van der Waals surface area contributed by atoms with Crippen LogP contribution in [-0.4, -0.2) is 49.6 Å². The molecule has 0 saturated carbocycles. The van der Waals surface area contributed by atoms with Gasteiger partial charge < -0.3 is 9.84 Å². The van der Waals surface area contributed by atoms with Crippen LogP contribution in [0.5, 0.6) is 0 Å². The minimum absolute atomic E-state index is 0.162. The number of esters is 1. The van der Waals surface area contributed by atoms with E-state index in [4.69, 9.17) is 9.84 Å². The second-order valence-corrected chi connectivity index (χ2v) is 5.04. The number of unbranched alkanes of at least 4 members (excludes halogenated alkanes) is 2. The van der Waals surface area contributed by atoms with Crippen molar-refractivity contribution in [3.8, 4) is 0 Å². The molecule has 1 rings (SSSR count). The summed E-state index contributed by atoms with van der Waals surface area (Å²) >= 11 is 1.41. The third-order valence-corrected chi connectivity index (χ3v) is 3.39. The van der Waals surface area contributed by atoms with Gasteiger partial charge in [-0.1, -0.05) is 18.2 Å². The Labute approximate surface area is 120 Å². The minimum Gasteiger partial charge on any atom is -0.480 e. The van der Waals surface area contributed by atoms with E-state index >= 15 is 0 Å². The van der Waals surface area contributed by atoms with Crippen molar-refractivity contribution < 1.29 is 19.4 Å². The number of aromatic nitrogens is 4. The first-order chi connectivity index (χ1) is 9.63. The molecule has 8 nitrogen and oxygen atoms in total. The van der Waals surface area contributed by atoms with Gasteiger partial charge in [0.1, 0.15) is 6.54 Å². The van der Waals surface area contributed by atoms with E-state index in [1.54, 1.807) is 6.92 Å². The molecule has 20 heavy (non-hydrogen) atoms. The highest BCUT2D eigenvalue weighted by molar-refractivity contribution is 7.99. The zero-order valence-electron chi connectivity index (χ0n) is 11.3. The fourth-order valence-electron chi connectivity index (χ4n) is 1.47. The number of ether oxygens (including phenoxy) is 1. The lowest BCUT2D eigenvalue weighted by Crippen LogP contribution is -2.11. The van der Waals surface area contributed by atoms with E-state index in [1.807, 2.05) is 0 Å². The summed E-state index contributed by atoms with van der Waals surface area (Å²) < 4.78 is 6.09. The zero-order chi connectivity index (χ0) is 14.8. The number of aliphatic carboxylic acids is 1. The van der Waals surface area contributed by atoms with Crippen molar-refractivity contribution in [3.63, 3.8) is 0 Å². The number of thioether (sulfide) groups is 1. The van der Waals surface area contributed by atoms with E-state index in [0.29, 0.717) is 18.2 Å². The fourth-order valence-corrected chi connectivity index (χ4v) is 2.35. The Morgan fingerprint density at radius 2 is 2.15 bits per heavy atom. The summed E-state index contributed by atoms with van der Waals surface area (Å²) in [5, 5.41) is 20.0. The van der Waals surface area contributed by atoms with Crippen LogP contribution >= 0.6 is 11.8 Å². The van der Waals surface area contributed by atoms with Crippen molar-refractivity contribution in [1.82, 2.24) is 20.2 Å². The summed E-state index contributed by atoms with van der Waals surface area (Å²) in [7, 11) is 0. The second kappa shape index (κ2) is 9.29. The van der Waals surface area contributed by atoms with Gasteiger partial charge in [0.15, 0.2) is 0 Å². The standard InChI is InChI=1S/C11H18N4O4S/c1-2-19-10(18)6-4-3-5-7-20-11-12-13-14-15(11)8-9(16)17/h2-8H2,1H3,(H,16,17). The summed E-state index contributed by atoms with van der Waals surface area (Å²) in [6, 6.07) is 0. The smallest absolute Gasteiger partial charge is 0.325 e. The molecule has 0 amide bonds. The van der Waals surface area contributed by atoms with Gasteiger partial charge in [-0.15, -0.1) is 5.10 Å². The highest BCUT2D eigenvalue weighted by atomic mass is 32.2. The summed E-state index contributed by atoms with van der Waals surface area (Å²) in [4.78, 5) is 21.7. The Hall–Kier alpha value is -1.64. The molecule has 0 aliphatic carbocycles. The first-order valence-electron chi connectivity index (χ1n) is 6.40. The van der Waals surface area contributed by atoms with Gasteiger partial charge in [-0.05, 0) is 30.2 Å². The lowest BCUT2D eigenvalue weighted by atomic mass is 10.2. The van der Waals surface area contributed by atoms with Crippen LogP contribution in [0.3, 0.4) is 0 Å². The van der Waals surface area contributed by atoms with Crippen LogP contribution in [0, 0.1) is 0 Å². The third-order valence-electron chi connectivity index (χ3n) is 2.35. The van der Waals surface area contributed by atoms with Gasteiger partial charge in [-0.2, -0.15) is 0 Å². The van der Waals surface area contributed by atoms with Crippen molar-refractivity contribution in [2.45, 2.75) is 44.3 Å². The number of hydrogen-bond acceptors (Lipinski definition) is 7. The molecule has 0 fully saturated rings. The average molecular weight is 302 g/mol. The second-order valence-electron chi connectivity index (χ2n) is 3.98. The van der Waals surface area contributed by atoms with Crippen LogP contribution in [0.4, 0.5) is 0 Å². The number of carbonyl (C=O) groups is 2. The molecule has 0 spiro atoms. The predicted molar refractivity (Wildman–Crippen MR) is 71.3 cm³/mol. The highest BCUT2D eigenvalue weighted by Gasteiger charge is 2.09. The molecule has 0 unspecified atom stereocenters. The maximum absolute atomic E-state index is 11.1. The third kappa shape index (κ3) is 6.50. The molecular weight excluding hydrogens is 284 g/mol. The molecular formula is C11H18N4O4S. The molecule has 1 aromatic heterocycles. The molecule has 1 heterocycles. The van der Waals surface area contributed by atoms with Gasteiger partial charge in [0.05, 0.1) is 6.61 Å². The summed E-state index contributed by atoms with van der Waals surface area (Å²) in [5.41, 5.74) is 0. The van der Waals surface area contributed by atoms with E-state index in [9.17, 15) is 9.59 Å².